The summed E-state index contributed by atoms with van der Waals surface area (Å²) in [6.45, 7) is 1.63. The maximum absolute atomic E-state index is 11.9. The molecule has 0 aliphatic heterocycles. The molecular weight excluding hydrogens is 366 g/mol. The van der Waals surface area contributed by atoms with Gasteiger partial charge in [-0.15, -0.1) is 11.3 Å². The first kappa shape index (κ1) is 16.2. The standard InChI is InChI=1S/C15H12BrN3O2S/c1-10(21-13-4-2-11(7-17)3-5-13)15(20)19-18-8-14-6-12(16)9-22-14/h2-6,8-10H,1H3,(H,19,20)/b18-8+. The lowest BCUT2D eigenvalue weighted by molar-refractivity contribution is -0.127. The number of carbonyl (C=O) groups is 1. The van der Waals surface area contributed by atoms with E-state index >= 15 is 0 Å². The molecule has 0 saturated heterocycles. The van der Waals surface area contributed by atoms with Gasteiger partial charge in [0.25, 0.3) is 5.91 Å². The van der Waals surface area contributed by atoms with E-state index in [-0.39, 0.29) is 5.91 Å². The number of thiophene rings is 1. The third kappa shape index (κ3) is 4.69. The van der Waals surface area contributed by atoms with Gasteiger partial charge in [0.05, 0.1) is 17.8 Å². The van der Waals surface area contributed by atoms with Crippen LogP contribution in [0.25, 0.3) is 0 Å². The molecule has 1 atom stereocenters. The summed E-state index contributed by atoms with van der Waals surface area (Å²) in [5, 5.41) is 14.5. The summed E-state index contributed by atoms with van der Waals surface area (Å²) in [5.41, 5.74) is 2.97. The van der Waals surface area contributed by atoms with Crippen LogP contribution >= 0.6 is 27.3 Å². The van der Waals surface area contributed by atoms with Gasteiger partial charge in [-0.05, 0) is 53.2 Å². The molecule has 1 unspecified atom stereocenters. The first-order valence-corrected chi connectivity index (χ1v) is 7.99. The number of rotatable bonds is 5. The number of hydrogen-bond acceptors (Lipinski definition) is 5. The molecule has 112 valence electrons. The maximum atomic E-state index is 11.9. The predicted molar refractivity (Wildman–Crippen MR) is 89.0 cm³/mol. The van der Waals surface area contributed by atoms with Gasteiger partial charge in [0.2, 0.25) is 0 Å². The van der Waals surface area contributed by atoms with Crippen molar-refractivity contribution in [2.24, 2.45) is 5.10 Å². The summed E-state index contributed by atoms with van der Waals surface area (Å²) in [6.07, 6.45) is 0.877. The van der Waals surface area contributed by atoms with Crippen molar-refractivity contribution in [3.8, 4) is 11.8 Å². The van der Waals surface area contributed by atoms with Gasteiger partial charge in [0.15, 0.2) is 6.10 Å². The number of amides is 1. The fraction of sp³-hybridized carbons (Fsp3) is 0.133. The van der Waals surface area contributed by atoms with Crippen LogP contribution in [0.5, 0.6) is 5.75 Å². The van der Waals surface area contributed by atoms with E-state index in [2.05, 4.69) is 26.5 Å². The Labute approximate surface area is 140 Å². The maximum Gasteiger partial charge on any atom is 0.280 e. The molecule has 0 radical (unpaired) electrons. The van der Waals surface area contributed by atoms with Gasteiger partial charge in [-0.1, -0.05) is 0 Å². The van der Waals surface area contributed by atoms with Crippen molar-refractivity contribution in [2.45, 2.75) is 13.0 Å². The zero-order valence-corrected chi connectivity index (χ0v) is 14.0. The van der Waals surface area contributed by atoms with Crippen LogP contribution in [0.4, 0.5) is 0 Å². The highest BCUT2D eigenvalue weighted by Gasteiger charge is 2.13. The van der Waals surface area contributed by atoms with Crippen LogP contribution < -0.4 is 10.2 Å². The Kier molecular flexibility index (Phi) is 5.69. The summed E-state index contributed by atoms with van der Waals surface area (Å²) in [4.78, 5) is 12.8. The highest BCUT2D eigenvalue weighted by Crippen LogP contribution is 2.17. The SMILES string of the molecule is CC(Oc1ccc(C#N)cc1)C(=O)N/N=C/c1cc(Br)cs1. The minimum absolute atomic E-state index is 0.351. The number of ether oxygens (including phenoxy) is 1. The van der Waals surface area contributed by atoms with Gasteiger partial charge in [-0.25, -0.2) is 5.43 Å². The highest BCUT2D eigenvalue weighted by molar-refractivity contribution is 9.10. The lowest BCUT2D eigenvalue weighted by Gasteiger charge is -2.12. The third-order valence-electron chi connectivity index (χ3n) is 2.62. The van der Waals surface area contributed by atoms with Gasteiger partial charge in [0, 0.05) is 14.7 Å². The molecule has 2 rings (SSSR count). The minimum atomic E-state index is -0.694. The number of nitriles is 1. The van der Waals surface area contributed by atoms with Crippen LogP contribution in [-0.4, -0.2) is 18.2 Å². The quantitative estimate of drug-likeness (QED) is 0.641. The minimum Gasteiger partial charge on any atom is -0.481 e. The van der Waals surface area contributed by atoms with Crippen LogP contribution in [0.2, 0.25) is 0 Å². The molecule has 1 heterocycles. The first-order valence-electron chi connectivity index (χ1n) is 6.32. The fourth-order valence-corrected chi connectivity index (χ4v) is 2.82. The number of nitrogens with zero attached hydrogens (tertiary/aromatic N) is 2. The molecule has 1 aromatic carbocycles. The average Bonchev–Trinajstić information content (AvgIpc) is 2.93. The fourth-order valence-electron chi connectivity index (χ4n) is 1.51. The molecule has 1 amide bonds. The van der Waals surface area contributed by atoms with Crippen molar-refractivity contribution < 1.29 is 9.53 Å². The van der Waals surface area contributed by atoms with E-state index in [9.17, 15) is 4.79 Å². The van der Waals surface area contributed by atoms with Crippen molar-refractivity contribution in [1.29, 1.82) is 5.26 Å². The van der Waals surface area contributed by atoms with E-state index in [0.717, 1.165) is 9.35 Å². The second-order valence-electron chi connectivity index (χ2n) is 4.30. The Morgan fingerprint density at radius 2 is 2.23 bits per heavy atom. The third-order valence-corrected chi connectivity index (χ3v) is 4.25. The van der Waals surface area contributed by atoms with Gasteiger partial charge in [-0.3, -0.25) is 4.79 Å². The highest BCUT2D eigenvalue weighted by atomic mass is 79.9. The Morgan fingerprint density at radius 3 is 2.82 bits per heavy atom. The summed E-state index contributed by atoms with van der Waals surface area (Å²) >= 11 is 4.86. The Bertz CT molecular complexity index is 719. The van der Waals surface area contributed by atoms with E-state index in [1.165, 1.54) is 11.3 Å². The van der Waals surface area contributed by atoms with Crippen molar-refractivity contribution >= 4 is 39.4 Å². The van der Waals surface area contributed by atoms with Gasteiger partial charge < -0.3 is 4.74 Å². The van der Waals surface area contributed by atoms with Crippen LogP contribution in [-0.2, 0) is 4.79 Å². The molecule has 1 N–H and O–H groups in total. The molecule has 7 heteroatoms. The van der Waals surface area contributed by atoms with Crippen LogP contribution in [0.15, 0.2) is 45.3 Å². The molecule has 0 saturated carbocycles. The van der Waals surface area contributed by atoms with Crippen LogP contribution in [0.3, 0.4) is 0 Å². The number of nitrogens with one attached hydrogen (secondary N) is 1. The number of benzene rings is 1. The normalized spacial score (nSPS) is 11.9. The molecule has 2 aromatic rings. The van der Waals surface area contributed by atoms with Crippen LogP contribution in [0.1, 0.15) is 17.4 Å². The predicted octanol–water partition coefficient (Wildman–Crippen LogP) is 3.30. The van der Waals surface area contributed by atoms with Crippen molar-refractivity contribution in [3.63, 3.8) is 0 Å². The molecule has 0 aliphatic carbocycles. The first-order chi connectivity index (χ1) is 10.6. The molecule has 5 nitrogen and oxygen atoms in total. The molecular formula is C15H12BrN3O2S. The lowest BCUT2D eigenvalue weighted by Crippen LogP contribution is -2.33. The summed E-state index contributed by atoms with van der Waals surface area (Å²) in [6, 6.07) is 10.5. The summed E-state index contributed by atoms with van der Waals surface area (Å²) < 4.78 is 6.46. The smallest absolute Gasteiger partial charge is 0.280 e. The second kappa shape index (κ2) is 7.73. The van der Waals surface area contributed by atoms with Crippen LogP contribution in [0, 0.1) is 11.3 Å². The van der Waals surface area contributed by atoms with Crippen molar-refractivity contribution in [1.82, 2.24) is 5.43 Å². The van der Waals surface area contributed by atoms with Gasteiger partial charge >= 0.3 is 0 Å². The van der Waals surface area contributed by atoms with Gasteiger partial charge in [-0.2, -0.15) is 10.4 Å². The topological polar surface area (TPSA) is 74.5 Å². The molecule has 0 spiro atoms. The zero-order chi connectivity index (χ0) is 15.9. The lowest BCUT2D eigenvalue weighted by atomic mass is 10.2. The number of hydrogen-bond donors (Lipinski definition) is 1. The largest absolute Gasteiger partial charge is 0.481 e. The Hall–Kier alpha value is -2.17. The van der Waals surface area contributed by atoms with E-state index in [4.69, 9.17) is 10.00 Å². The monoisotopic (exact) mass is 377 g/mol. The number of carbonyl (C=O) groups excluding carboxylic acids is 1. The molecule has 0 bridgehead atoms. The van der Waals surface area contributed by atoms with E-state index in [0.29, 0.717) is 11.3 Å². The average molecular weight is 378 g/mol. The van der Waals surface area contributed by atoms with E-state index < -0.39 is 6.10 Å². The molecule has 1 aromatic heterocycles. The van der Waals surface area contributed by atoms with E-state index in [1.54, 1.807) is 37.4 Å². The van der Waals surface area contributed by atoms with E-state index in [1.807, 2.05) is 17.5 Å². The number of hydrazone groups is 1. The van der Waals surface area contributed by atoms with Crippen molar-refractivity contribution in [2.75, 3.05) is 0 Å². The number of halogens is 1. The molecule has 0 fully saturated rings. The second-order valence-corrected chi connectivity index (χ2v) is 6.16. The molecule has 22 heavy (non-hydrogen) atoms. The van der Waals surface area contributed by atoms with Crippen molar-refractivity contribution in [3.05, 3.63) is 50.6 Å². The zero-order valence-electron chi connectivity index (χ0n) is 11.6. The Balaban J connectivity index is 1.86. The Morgan fingerprint density at radius 1 is 1.50 bits per heavy atom. The summed E-state index contributed by atoms with van der Waals surface area (Å²) in [5.74, 6) is 0.170. The van der Waals surface area contributed by atoms with Gasteiger partial charge in [0.1, 0.15) is 5.75 Å². The molecule has 0 aliphatic rings. The summed E-state index contributed by atoms with van der Waals surface area (Å²) in [7, 11) is 0.